The summed E-state index contributed by atoms with van der Waals surface area (Å²) in [5.74, 6) is 0.107. The van der Waals surface area contributed by atoms with Crippen LogP contribution in [-0.4, -0.2) is 38.0 Å². The van der Waals surface area contributed by atoms with Gasteiger partial charge in [0.1, 0.15) is 4.32 Å². The summed E-state index contributed by atoms with van der Waals surface area (Å²) >= 11 is 12.7. The van der Waals surface area contributed by atoms with Crippen LogP contribution >= 0.6 is 35.6 Å². The Kier molecular flexibility index (Phi) is 9.34. The highest BCUT2D eigenvalue weighted by Crippen LogP contribution is 2.33. The van der Waals surface area contributed by atoms with E-state index in [2.05, 4.69) is 32.9 Å². The van der Waals surface area contributed by atoms with E-state index in [4.69, 9.17) is 23.8 Å². The molecule has 0 N–H and O–H groups in total. The van der Waals surface area contributed by atoms with Crippen LogP contribution in [0.15, 0.2) is 59.5 Å². The molecule has 2 aromatic rings. The minimum Gasteiger partial charge on any atom is -0.334 e. The topological polar surface area (TPSA) is 40.6 Å². The summed E-state index contributed by atoms with van der Waals surface area (Å²) in [6.45, 7) is 7.39. The summed E-state index contributed by atoms with van der Waals surface area (Å²) in [6, 6.07) is 17.4. The third kappa shape index (κ3) is 7.42. The van der Waals surface area contributed by atoms with Gasteiger partial charge in [0.25, 0.3) is 5.91 Å². The van der Waals surface area contributed by atoms with Crippen molar-refractivity contribution in [3.05, 3.63) is 75.7 Å². The summed E-state index contributed by atoms with van der Waals surface area (Å²) in [4.78, 5) is 30.0. The molecule has 180 valence electrons. The van der Waals surface area contributed by atoms with Crippen molar-refractivity contribution in [2.75, 3.05) is 6.54 Å². The maximum atomic E-state index is 13.0. The molecule has 0 radical (unpaired) electrons. The van der Waals surface area contributed by atoms with Crippen molar-refractivity contribution in [3.8, 4) is 0 Å². The van der Waals surface area contributed by atoms with Gasteiger partial charge in [0, 0.05) is 30.1 Å². The summed E-state index contributed by atoms with van der Waals surface area (Å²) < 4.78 is 0.586. The fourth-order valence-corrected chi connectivity index (χ4v) is 5.16. The van der Waals surface area contributed by atoms with E-state index < -0.39 is 0 Å². The van der Waals surface area contributed by atoms with Crippen molar-refractivity contribution in [2.24, 2.45) is 0 Å². The molecule has 0 spiro atoms. The lowest BCUT2D eigenvalue weighted by molar-refractivity contribution is -0.137. The zero-order valence-corrected chi connectivity index (χ0v) is 22.3. The molecular formula is C27H31ClN2O2S2. The van der Waals surface area contributed by atoms with Crippen molar-refractivity contribution in [2.45, 2.75) is 58.5 Å². The van der Waals surface area contributed by atoms with Crippen molar-refractivity contribution in [1.29, 1.82) is 0 Å². The first kappa shape index (κ1) is 26.5. The Bertz CT molecular complexity index is 1050. The molecule has 1 fully saturated rings. The van der Waals surface area contributed by atoms with Crippen LogP contribution in [0, 0.1) is 0 Å². The molecule has 4 nitrogen and oxygen atoms in total. The number of thiocarbonyl (C=S) groups is 1. The lowest BCUT2D eigenvalue weighted by atomic mass is 10.0. The summed E-state index contributed by atoms with van der Waals surface area (Å²) in [5, 5.41) is 0.661. The predicted octanol–water partition coefficient (Wildman–Crippen LogP) is 6.93. The molecular weight excluding hydrogens is 484 g/mol. The molecule has 0 atom stereocenters. The number of hydrogen-bond acceptors (Lipinski definition) is 4. The molecule has 0 aromatic heterocycles. The molecule has 1 aliphatic heterocycles. The molecule has 1 saturated heterocycles. The van der Waals surface area contributed by atoms with E-state index in [0.717, 1.165) is 30.4 Å². The number of amides is 2. The molecule has 1 heterocycles. The second-order valence-electron chi connectivity index (χ2n) is 9.33. The lowest BCUT2D eigenvalue weighted by Gasteiger charge is -2.36. The Balaban J connectivity index is 1.47. The number of carbonyl (C=O) groups is 2. The average molecular weight is 515 g/mol. The normalized spacial score (nSPS) is 15.3. The van der Waals surface area contributed by atoms with Crippen LogP contribution in [0.3, 0.4) is 0 Å². The maximum absolute atomic E-state index is 13.0. The number of halogens is 1. The molecule has 0 bridgehead atoms. The number of carbonyl (C=O) groups excluding carboxylic acids is 2. The third-order valence-electron chi connectivity index (χ3n) is 5.61. The van der Waals surface area contributed by atoms with E-state index in [9.17, 15) is 9.59 Å². The zero-order chi connectivity index (χ0) is 24.7. The van der Waals surface area contributed by atoms with E-state index >= 15 is 0 Å². The minimum atomic E-state index is -0.245. The molecule has 1 aliphatic rings. The number of hydrogen-bond donors (Lipinski definition) is 0. The molecule has 34 heavy (non-hydrogen) atoms. The van der Waals surface area contributed by atoms with Gasteiger partial charge in [-0.3, -0.25) is 14.5 Å². The van der Waals surface area contributed by atoms with Crippen molar-refractivity contribution >= 4 is 57.8 Å². The van der Waals surface area contributed by atoms with Crippen LogP contribution in [-0.2, 0) is 16.1 Å². The smallest absolute Gasteiger partial charge is 0.266 e. The minimum absolute atomic E-state index is 0.0530. The Morgan fingerprint density at radius 1 is 1.06 bits per heavy atom. The van der Waals surface area contributed by atoms with Crippen LogP contribution in [0.5, 0.6) is 0 Å². The number of nitrogens with zero attached hydrogens (tertiary/aromatic N) is 2. The highest BCUT2D eigenvalue weighted by atomic mass is 35.5. The van der Waals surface area contributed by atoms with Crippen LogP contribution < -0.4 is 0 Å². The van der Waals surface area contributed by atoms with Gasteiger partial charge in [0.15, 0.2) is 0 Å². The third-order valence-corrected chi connectivity index (χ3v) is 7.24. The average Bonchev–Trinajstić information content (AvgIpc) is 3.05. The Hall–Kier alpha value is -2.15. The van der Waals surface area contributed by atoms with Gasteiger partial charge in [-0.25, -0.2) is 0 Å². The quantitative estimate of drug-likeness (QED) is 0.207. The molecule has 0 aliphatic carbocycles. The van der Waals surface area contributed by atoms with E-state index in [1.807, 2.05) is 41.3 Å². The van der Waals surface area contributed by atoms with Gasteiger partial charge >= 0.3 is 0 Å². The first-order valence-corrected chi connectivity index (χ1v) is 13.1. The fourth-order valence-electron chi connectivity index (χ4n) is 3.73. The van der Waals surface area contributed by atoms with Gasteiger partial charge in [0.05, 0.1) is 4.91 Å². The van der Waals surface area contributed by atoms with Crippen molar-refractivity contribution in [3.63, 3.8) is 0 Å². The van der Waals surface area contributed by atoms with Gasteiger partial charge in [0.2, 0.25) is 5.91 Å². The second-order valence-corrected chi connectivity index (χ2v) is 11.4. The van der Waals surface area contributed by atoms with E-state index in [0.29, 0.717) is 33.8 Å². The fraction of sp³-hybridized carbons (Fsp3) is 0.370. The van der Waals surface area contributed by atoms with Crippen LogP contribution in [0.4, 0.5) is 0 Å². The van der Waals surface area contributed by atoms with Gasteiger partial charge in [-0.1, -0.05) is 84.5 Å². The first-order valence-electron chi connectivity index (χ1n) is 11.5. The summed E-state index contributed by atoms with van der Waals surface area (Å²) in [7, 11) is 0. The molecule has 2 aromatic carbocycles. The number of benzene rings is 2. The second kappa shape index (κ2) is 12.0. The Morgan fingerprint density at radius 2 is 1.74 bits per heavy atom. The van der Waals surface area contributed by atoms with Gasteiger partial charge in [-0.05, 0) is 62.9 Å². The van der Waals surface area contributed by atoms with E-state index in [1.165, 1.54) is 11.8 Å². The first-order chi connectivity index (χ1) is 16.1. The largest absolute Gasteiger partial charge is 0.334 e. The van der Waals surface area contributed by atoms with Gasteiger partial charge in [-0.15, -0.1) is 0 Å². The summed E-state index contributed by atoms with van der Waals surface area (Å²) in [6.07, 6.45) is 4.81. The monoisotopic (exact) mass is 514 g/mol. The number of unbranched alkanes of at least 4 members (excludes halogenated alkanes) is 2. The Labute approximate surface area is 217 Å². The molecule has 3 rings (SSSR count). The van der Waals surface area contributed by atoms with Gasteiger partial charge in [-0.2, -0.15) is 0 Å². The maximum Gasteiger partial charge on any atom is 0.266 e. The number of thioether (sulfide) groups is 1. The SMILES string of the molecule is CC(C)(C)N(Cc1ccccc1)C(=O)CCCCCN1C(=O)/C(=C/c2ccc(Cl)cc2)SC1=S. The predicted molar refractivity (Wildman–Crippen MR) is 147 cm³/mol. The molecule has 0 unspecified atom stereocenters. The zero-order valence-electron chi connectivity index (χ0n) is 19.9. The van der Waals surface area contributed by atoms with Crippen LogP contribution in [0.1, 0.15) is 57.6 Å². The Morgan fingerprint density at radius 3 is 2.38 bits per heavy atom. The van der Waals surface area contributed by atoms with Crippen LogP contribution in [0.25, 0.3) is 6.08 Å². The highest BCUT2D eigenvalue weighted by Gasteiger charge is 2.31. The van der Waals surface area contributed by atoms with Crippen molar-refractivity contribution < 1.29 is 9.59 Å². The standard InChI is InChI=1S/C27H31ClN2O2S2/c1-27(2,3)30(19-21-10-6-4-7-11-21)24(31)12-8-5-9-17-29-25(32)23(34-26(29)33)18-20-13-15-22(28)16-14-20/h4,6-7,10-11,13-16,18H,5,8-9,12,17,19H2,1-3H3/b23-18-. The molecule has 2 amide bonds. The van der Waals surface area contributed by atoms with Gasteiger partial charge < -0.3 is 4.90 Å². The molecule has 0 saturated carbocycles. The van der Waals surface area contributed by atoms with Crippen molar-refractivity contribution in [1.82, 2.24) is 9.80 Å². The summed E-state index contributed by atoms with van der Waals surface area (Å²) in [5.41, 5.74) is 1.81. The van der Waals surface area contributed by atoms with E-state index in [-0.39, 0.29) is 17.4 Å². The van der Waals surface area contributed by atoms with Crippen LogP contribution in [0.2, 0.25) is 5.02 Å². The lowest BCUT2D eigenvalue weighted by Crippen LogP contribution is -2.45. The van der Waals surface area contributed by atoms with E-state index in [1.54, 1.807) is 17.0 Å². The highest BCUT2D eigenvalue weighted by molar-refractivity contribution is 8.26. The molecule has 7 heteroatoms. The number of rotatable bonds is 9.